The highest BCUT2D eigenvalue weighted by Gasteiger charge is 2.17. The molecule has 7 nitrogen and oxygen atoms in total. The van der Waals surface area contributed by atoms with Crippen LogP contribution in [0.1, 0.15) is 30.1 Å². The third-order valence-electron chi connectivity index (χ3n) is 2.95. The normalized spacial score (nSPS) is 11.8. The standard InChI is InChI=1S/C13H19N3O4/c1-3-10(17)6-7-15-11-5-4-9(13(18)14-2)8-12(11)16(19)20/h4-5,8,10,15,17H,3,6-7H2,1-2H3,(H,14,18). The predicted octanol–water partition coefficient (Wildman–Crippen LogP) is 1.53. The summed E-state index contributed by atoms with van der Waals surface area (Å²) >= 11 is 0. The molecule has 0 aliphatic rings. The van der Waals surface area contributed by atoms with Crippen LogP contribution in [0.15, 0.2) is 18.2 Å². The quantitative estimate of drug-likeness (QED) is 0.519. The lowest BCUT2D eigenvalue weighted by Crippen LogP contribution is -2.18. The van der Waals surface area contributed by atoms with Crippen LogP contribution >= 0.6 is 0 Å². The summed E-state index contributed by atoms with van der Waals surface area (Å²) in [6.07, 6.45) is 0.719. The number of carbonyl (C=O) groups excluding carboxylic acids is 1. The SMILES string of the molecule is CCC(O)CCNc1ccc(C(=O)NC)cc1[N+](=O)[O-]. The number of nitro groups is 1. The molecule has 0 aliphatic heterocycles. The maximum atomic E-state index is 11.5. The van der Waals surface area contributed by atoms with Crippen LogP contribution in [0.2, 0.25) is 0 Å². The maximum Gasteiger partial charge on any atom is 0.293 e. The van der Waals surface area contributed by atoms with Crippen LogP contribution in [0.3, 0.4) is 0 Å². The molecule has 0 saturated heterocycles. The Morgan fingerprint density at radius 1 is 1.50 bits per heavy atom. The predicted molar refractivity (Wildman–Crippen MR) is 75.9 cm³/mol. The lowest BCUT2D eigenvalue weighted by atomic mass is 10.1. The van der Waals surface area contributed by atoms with Crippen molar-refractivity contribution in [3.63, 3.8) is 0 Å². The fourth-order valence-electron chi connectivity index (χ4n) is 1.70. The fraction of sp³-hybridized carbons (Fsp3) is 0.462. The third kappa shape index (κ3) is 4.20. The number of aliphatic hydroxyl groups is 1. The summed E-state index contributed by atoms with van der Waals surface area (Å²) in [7, 11) is 1.46. The molecule has 0 aromatic heterocycles. The highest BCUT2D eigenvalue weighted by Crippen LogP contribution is 2.25. The molecule has 20 heavy (non-hydrogen) atoms. The first-order valence-corrected chi connectivity index (χ1v) is 6.42. The first-order chi connectivity index (χ1) is 9.49. The van der Waals surface area contributed by atoms with Gasteiger partial charge in [0.1, 0.15) is 5.69 Å². The fourth-order valence-corrected chi connectivity index (χ4v) is 1.70. The first-order valence-electron chi connectivity index (χ1n) is 6.42. The molecular formula is C13H19N3O4. The number of nitro benzene ring substituents is 1. The van der Waals surface area contributed by atoms with Gasteiger partial charge in [-0.3, -0.25) is 14.9 Å². The van der Waals surface area contributed by atoms with E-state index in [4.69, 9.17) is 0 Å². The Labute approximate surface area is 117 Å². The van der Waals surface area contributed by atoms with E-state index in [1.54, 1.807) is 0 Å². The topological polar surface area (TPSA) is 104 Å². The van der Waals surface area contributed by atoms with Gasteiger partial charge in [-0.15, -0.1) is 0 Å². The van der Waals surface area contributed by atoms with Crippen molar-refractivity contribution in [1.29, 1.82) is 0 Å². The van der Waals surface area contributed by atoms with E-state index in [2.05, 4.69) is 10.6 Å². The minimum Gasteiger partial charge on any atom is -0.393 e. The molecule has 1 aromatic carbocycles. The van der Waals surface area contributed by atoms with E-state index in [9.17, 15) is 20.0 Å². The first kappa shape index (κ1) is 15.9. The van der Waals surface area contributed by atoms with Crippen molar-refractivity contribution in [1.82, 2.24) is 5.32 Å². The summed E-state index contributed by atoms with van der Waals surface area (Å²) in [4.78, 5) is 21.9. The second-order valence-electron chi connectivity index (χ2n) is 4.35. The van der Waals surface area contributed by atoms with E-state index in [-0.39, 0.29) is 17.2 Å². The van der Waals surface area contributed by atoms with Gasteiger partial charge >= 0.3 is 0 Å². The molecule has 0 saturated carbocycles. The molecule has 110 valence electrons. The number of carbonyl (C=O) groups is 1. The largest absolute Gasteiger partial charge is 0.393 e. The molecule has 0 bridgehead atoms. The van der Waals surface area contributed by atoms with Gasteiger partial charge < -0.3 is 15.7 Å². The van der Waals surface area contributed by atoms with Crippen molar-refractivity contribution < 1.29 is 14.8 Å². The number of nitrogens with one attached hydrogen (secondary N) is 2. The van der Waals surface area contributed by atoms with Gasteiger partial charge in [-0.1, -0.05) is 6.92 Å². The van der Waals surface area contributed by atoms with Crippen LogP contribution < -0.4 is 10.6 Å². The van der Waals surface area contributed by atoms with E-state index >= 15 is 0 Å². The molecule has 0 heterocycles. The monoisotopic (exact) mass is 281 g/mol. The number of rotatable bonds is 7. The van der Waals surface area contributed by atoms with Crippen LogP contribution in [0.4, 0.5) is 11.4 Å². The summed E-state index contributed by atoms with van der Waals surface area (Å²) in [5.74, 6) is -0.374. The Kier molecular flexibility index (Phi) is 5.92. The highest BCUT2D eigenvalue weighted by atomic mass is 16.6. The third-order valence-corrected chi connectivity index (χ3v) is 2.95. The van der Waals surface area contributed by atoms with E-state index < -0.39 is 11.0 Å². The van der Waals surface area contributed by atoms with Crippen molar-refractivity contribution >= 4 is 17.3 Å². The van der Waals surface area contributed by atoms with Gasteiger partial charge in [0, 0.05) is 25.2 Å². The molecule has 0 radical (unpaired) electrons. The van der Waals surface area contributed by atoms with Gasteiger partial charge in [0.25, 0.3) is 11.6 Å². The molecule has 0 spiro atoms. The van der Waals surface area contributed by atoms with Gasteiger partial charge in [-0.05, 0) is 25.0 Å². The van der Waals surface area contributed by atoms with Gasteiger partial charge in [-0.2, -0.15) is 0 Å². The number of amides is 1. The zero-order chi connectivity index (χ0) is 15.1. The Balaban J connectivity index is 2.85. The minimum atomic E-state index is -0.537. The molecule has 0 fully saturated rings. The zero-order valence-corrected chi connectivity index (χ0v) is 11.5. The minimum absolute atomic E-state index is 0.155. The number of hydrogen-bond donors (Lipinski definition) is 3. The van der Waals surface area contributed by atoms with E-state index in [0.717, 1.165) is 0 Å². The number of anilines is 1. The molecule has 1 aromatic rings. The van der Waals surface area contributed by atoms with Crippen LogP contribution in [0.25, 0.3) is 0 Å². The van der Waals surface area contributed by atoms with Crippen LogP contribution in [-0.4, -0.2) is 35.6 Å². The van der Waals surface area contributed by atoms with Gasteiger partial charge in [0.05, 0.1) is 11.0 Å². The van der Waals surface area contributed by atoms with E-state index in [0.29, 0.717) is 25.1 Å². The summed E-state index contributed by atoms with van der Waals surface area (Å²) in [5, 5.41) is 25.8. The van der Waals surface area contributed by atoms with Crippen molar-refractivity contribution in [2.24, 2.45) is 0 Å². The number of hydrogen-bond acceptors (Lipinski definition) is 5. The van der Waals surface area contributed by atoms with Gasteiger partial charge in [-0.25, -0.2) is 0 Å². The van der Waals surface area contributed by atoms with E-state index in [1.165, 1.54) is 25.2 Å². The van der Waals surface area contributed by atoms with Crippen LogP contribution in [0, 0.1) is 10.1 Å². The number of nitrogens with zero attached hydrogens (tertiary/aromatic N) is 1. The molecule has 0 aliphatic carbocycles. The van der Waals surface area contributed by atoms with E-state index in [1.807, 2.05) is 6.92 Å². The average Bonchev–Trinajstić information content (AvgIpc) is 2.46. The average molecular weight is 281 g/mol. The summed E-state index contributed by atoms with van der Waals surface area (Å²) in [6, 6.07) is 4.25. The van der Waals surface area contributed by atoms with Crippen molar-refractivity contribution in [3.8, 4) is 0 Å². The maximum absolute atomic E-state index is 11.5. The number of aliphatic hydroxyl groups excluding tert-OH is 1. The summed E-state index contributed by atoms with van der Waals surface area (Å²) in [5.41, 5.74) is 0.418. The molecular weight excluding hydrogens is 262 g/mol. The van der Waals surface area contributed by atoms with Crippen molar-refractivity contribution in [2.45, 2.75) is 25.9 Å². The van der Waals surface area contributed by atoms with Crippen LogP contribution in [0.5, 0.6) is 0 Å². The second-order valence-corrected chi connectivity index (χ2v) is 4.35. The molecule has 1 rings (SSSR count). The number of benzene rings is 1. The molecule has 3 N–H and O–H groups in total. The Hall–Kier alpha value is -2.15. The Morgan fingerprint density at radius 2 is 2.20 bits per heavy atom. The Morgan fingerprint density at radius 3 is 2.75 bits per heavy atom. The van der Waals surface area contributed by atoms with Crippen LogP contribution in [-0.2, 0) is 0 Å². The second kappa shape index (κ2) is 7.44. The highest BCUT2D eigenvalue weighted by molar-refractivity contribution is 5.95. The lowest BCUT2D eigenvalue weighted by Gasteiger charge is -2.10. The lowest BCUT2D eigenvalue weighted by molar-refractivity contribution is -0.384. The molecule has 7 heteroatoms. The smallest absolute Gasteiger partial charge is 0.293 e. The summed E-state index contributed by atoms with van der Waals surface area (Å²) in [6.45, 7) is 2.29. The summed E-state index contributed by atoms with van der Waals surface area (Å²) < 4.78 is 0. The molecule has 1 amide bonds. The van der Waals surface area contributed by atoms with Crippen molar-refractivity contribution in [2.75, 3.05) is 18.9 Å². The molecule has 1 unspecified atom stereocenters. The Bertz CT molecular complexity index is 491. The zero-order valence-electron chi connectivity index (χ0n) is 11.5. The van der Waals surface area contributed by atoms with Gasteiger partial charge in [0.15, 0.2) is 0 Å². The molecule has 1 atom stereocenters. The van der Waals surface area contributed by atoms with Crippen molar-refractivity contribution in [3.05, 3.63) is 33.9 Å². The van der Waals surface area contributed by atoms with Gasteiger partial charge in [0.2, 0.25) is 0 Å².